The normalized spacial score (nSPS) is 30.9. The van der Waals surface area contributed by atoms with E-state index in [1.165, 1.54) is 57.7 Å². The Kier molecular flexibility index (Phi) is 3.39. The van der Waals surface area contributed by atoms with Crippen molar-refractivity contribution >= 4 is 0 Å². The zero-order valence-corrected chi connectivity index (χ0v) is 11.3. The number of nitrogens with one attached hydrogen (secondary N) is 2. The minimum Gasteiger partial charge on any atom is -0.348 e. The highest BCUT2D eigenvalue weighted by molar-refractivity contribution is 5.05. The van der Waals surface area contributed by atoms with Crippen LogP contribution < -0.4 is 5.32 Å². The van der Waals surface area contributed by atoms with Crippen molar-refractivity contribution in [3.05, 3.63) is 18.2 Å². The number of hydrogen-bond acceptors (Lipinski definition) is 3. The first kappa shape index (κ1) is 12.2. The summed E-state index contributed by atoms with van der Waals surface area (Å²) in [5.74, 6) is 0.693. The third-order valence-corrected chi connectivity index (χ3v) is 4.61. The van der Waals surface area contributed by atoms with E-state index in [0.29, 0.717) is 11.3 Å². The molecule has 1 aromatic rings. The number of piperidine rings is 1. The summed E-state index contributed by atoms with van der Waals surface area (Å²) in [5.41, 5.74) is 1.82. The second-order valence-corrected chi connectivity index (χ2v) is 6.29. The van der Waals surface area contributed by atoms with Crippen LogP contribution in [-0.4, -0.2) is 47.6 Å². The first-order valence-electron chi connectivity index (χ1n) is 7.17. The van der Waals surface area contributed by atoms with E-state index in [4.69, 9.17) is 0 Å². The van der Waals surface area contributed by atoms with Gasteiger partial charge in [0.25, 0.3) is 0 Å². The molecule has 2 fully saturated rings. The molecule has 0 radical (unpaired) electrons. The van der Waals surface area contributed by atoms with Gasteiger partial charge in [0.2, 0.25) is 0 Å². The van der Waals surface area contributed by atoms with Crippen LogP contribution in [0, 0.1) is 5.41 Å². The fraction of sp³-hybridized carbons (Fsp3) is 0.786. The monoisotopic (exact) mass is 248 g/mol. The maximum Gasteiger partial charge on any atom is 0.0921 e. The molecule has 0 amide bonds. The van der Waals surface area contributed by atoms with Crippen molar-refractivity contribution in [1.29, 1.82) is 0 Å². The van der Waals surface area contributed by atoms with Crippen molar-refractivity contribution in [2.75, 3.05) is 32.7 Å². The Morgan fingerprint density at radius 3 is 2.89 bits per heavy atom. The smallest absolute Gasteiger partial charge is 0.0921 e. The highest BCUT2D eigenvalue weighted by Crippen LogP contribution is 2.30. The van der Waals surface area contributed by atoms with Crippen LogP contribution >= 0.6 is 0 Å². The molecule has 0 bridgehead atoms. The number of imidazole rings is 1. The minimum absolute atomic E-state index is 0.501. The van der Waals surface area contributed by atoms with Gasteiger partial charge in [-0.3, -0.25) is 0 Å². The SMILES string of the molecule is CC1(CN2CCC(c3cnc[nH]3)CC2)CCNC1. The van der Waals surface area contributed by atoms with Crippen LogP contribution in [0.1, 0.15) is 37.8 Å². The lowest BCUT2D eigenvalue weighted by molar-refractivity contribution is 0.143. The Labute approximate surface area is 109 Å². The summed E-state index contributed by atoms with van der Waals surface area (Å²) in [6, 6.07) is 0. The first-order chi connectivity index (χ1) is 8.75. The molecule has 18 heavy (non-hydrogen) atoms. The standard InChI is InChI=1S/C14H24N4/c1-14(4-5-15-9-14)10-18-6-2-12(3-7-18)13-8-16-11-17-13/h8,11-12,15H,2-7,9-10H2,1H3,(H,16,17). The molecular formula is C14H24N4. The number of nitrogens with zero attached hydrogens (tertiary/aromatic N) is 2. The van der Waals surface area contributed by atoms with Crippen molar-refractivity contribution < 1.29 is 0 Å². The van der Waals surface area contributed by atoms with E-state index in [1.807, 2.05) is 6.20 Å². The lowest BCUT2D eigenvalue weighted by Gasteiger charge is -2.36. The summed E-state index contributed by atoms with van der Waals surface area (Å²) < 4.78 is 0. The van der Waals surface area contributed by atoms with Gasteiger partial charge in [0.1, 0.15) is 0 Å². The number of aromatic amines is 1. The average molecular weight is 248 g/mol. The summed E-state index contributed by atoms with van der Waals surface area (Å²) >= 11 is 0. The molecule has 0 aliphatic carbocycles. The van der Waals surface area contributed by atoms with Gasteiger partial charge in [-0.25, -0.2) is 4.98 Å². The van der Waals surface area contributed by atoms with Gasteiger partial charge in [0.15, 0.2) is 0 Å². The summed E-state index contributed by atoms with van der Waals surface area (Å²) in [6.07, 6.45) is 7.65. The van der Waals surface area contributed by atoms with Crippen LogP contribution in [0.15, 0.2) is 12.5 Å². The average Bonchev–Trinajstić information content (AvgIpc) is 3.02. The summed E-state index contributed by atoms with van der Waals surface area (Å²) in [5, 5.41) is 3.49. The topological polar surface area (TPSA) is 44.0 Å². The predicted molar refractivity (Wildman–Crippen MR) is 72.6 cm³/mol. The number of aromatic nitrogens is 2. The molecule has 2 N–H and O–H groups in total. The molecule has 2 aliphatic heterocycles. The van der Waals surface area contributed by atoms with Crippen LogP contribution in [0.2, 0.25) is 0 Å². The molecule has 3 rings (SSSR count). The van der Waals surface area contributed by atoms with Gasteiger partial charge < -0.3 is 15.2 Å². The first-order valence-corrected chi connectivity index (χ1v) is 7.17. The van der Waals surface area contributed by atoms with Crippen LogP contribution in [0.3, 0.4) is 0 Å². The molecule has 1 unspecified atom stereocenters. The van der Waals surface area contributed by atoms with E-state index in [0.717, 1.165) is 0 Å². The zero-order chi connectivity index (χ0) is 12.4. The molecule has 1 atom stereocenters. The van der Waals surface area contributed by atoms with E-state index < -0.39 is 0 Å². The molecule has 100 valence electrons. The number of H-pyrrole nitrogens is 1. The van der Waals surface area contributed by atoms with Crippen LogP contribution in [-0.2, 0) is 0 Å². The summed E-state index contributed by atoms with van der Waals surface area (Å²) in [6.45, 7) is 8.54. The highest BCUT2D eigenvalue weighted by Gasteiger charge is 2.32. The molecule has 0 aromatic carbocycles. The van der Waals surface area contributed by atoms with Gasteiger partial charge in [-0.15, -0.1) is 0 Å². The van der Waals surface area contributed by atoms with Gasteiger partial charge in [-0.1, -0.05) is 6.92 Å². The Bertz CT molecular complexity index is 359. The van der Waals surface area contributed by atoms with E-state index in [1.54, 1.807) is 6.33 Å². The third-order valence-electron chi connectivity index (χ3n) is 4.61. The summed E-state index contributed by atoms with van der Waals surface area (Å²) in [4.78, 5) is 10.0. The van der Waals surface area contributed by atoms with Gasteiger partial charge in [-0.2, -0.15) is 0 Å². The largest absolute Gasteiger partial charge is 0.348 e. The summed E-state index contributed by atoms with van der Waals surface area (Å²) in [7, 11) is 0. The number of likely N-dealkylation sites (tertiary alicyclic amines) is 1. The second-order valence-electron chi connectivity index (χ2n) is 6.29. The molecular weight excluding hydrogens is 224 g/mol. The van der Waals surface area contributed by atoms with E-state index >= 15 is 0 Å². The quantitative estimate of drug-likeness (QED) is 0.854. The Balaban J connectivity index is 1.51. The fourth-order valence-electron chi connectivity index (χ4n) is 3.44. The van der Waals surface area contributed by atoms with Crippen LogP contribution in [0.25, 0.3) is 0 Å². The lowest BCUT2D eigenvalue weighted by Crippen LogP contribution is -2.41. The van der Waals surface area contributed by atoms with Crippen molar-refractivity contribution in [2.45, 2.75) is 32.1 Å². The molecule has 3 heterocycles. The fourth-order valence-corrected chi connectivity index (χ4v) is 3.44. The maximum atomic E-state index is 4.13. The maximum absolute atomic E-state index is 4.13. The molecule has 1 aromatic heterocycles. The molecule has 0 spiro atoms. The molecule has 4 nitrogen and oxygen atoms in total. The molecule has 4 heteroatoms. The minimum atomic E-state index is 0.501. The Morgan fingerprint density at radius 1 is 1.44 bits per heavy atom. The lowest BCUT2D eigenvalue weighted by atomic mass is 9.87. The van der Waals surface area contributed by atoms with Gasteiger partial charge in [-0.05, 0) is 44.3 Å². The van der Waals surface area contributed by atoms with Crippen LogP contribution in [0.4, 0.5) is 0 Å². The van der Waals surface area contributed by atoms with Crippen molar-refractivity contribution in [3.63, 3.8) is 0 Å². The molecule has 2 aliphatic rings. The zero-order valence-electron chi connectivity index (χ0n) is 11.3. The van der Waals surface area contributed by atoms with Crippen molar-refractivity contribution in [3.8, 4) is 0 Å². The van der Waals surface area contributed by atoms with E-state index in [-0.39, 0.29) is 0 Å². The van der Waals surface area contributed by atoms with Crippen molar-refractivity contribution in [1.82, 2.24) is 20.2 Å². The van der Waals surface area contributed by atoms with Gasteiger partial charge >= 0.3 is 0 Å². The highest BCUT2D eigenvalue weighted by atomic mass is 15.1. The second kappa shape index (κ2) is 5.02. The van der Waals surface area contributed by atoms with Crippen LogP contribution in [0.5, 0.6) is 0 Å². The van der Waals surface area contributed by atoms with E-state index in [2.05, 4.69) is 27.1 Å². The predicted octanol–water partition coefficient (Wildman–Crippen LogP) is 1.59. The van der Waals surface area contributed by atoms with Crippen molar-refractivity contribution in [2.24, 2.45) is 5.41 Å². The van der Waals surface area contributed by atoms with Gasteiger partial charge in [0.05, 0.1) is 6.33 Å². The molecule has 0 saturated carbocycles. The third kappa shape index (κ3) is 2.59. The van der Waals surface area contributed by atoms with E-state index in [9.17, 15) is 0 Å². The Morgan fingerprint density at radius 2 is 2.28 bits per heavy atom. The number of hydrogen-bond donors (Lipinski definition) is 2. The molecule has 2 saturated heterocycles. The van der Waals surface area contributed by atoms with Gasteiger partial charge in [0, 0.05) is 30.9 Å². The number of rotatable bonds is 3. The Hall–Kier alpha value is -0.870.